The van der Waals surface area contributed by atoms with Gasteiger partial charge in [0.05, 0.1) is 6.04 Å². The van der Waals surface area contributed by atoms with Crippen LogP contribution in [-0.2, 0) is 6.42 Å². The molecule has 3 amide bonds. The smallest absolute Gasteiger partial charge is 0.326 e. The second-order valence-corrected chi connectivity index (χ2v) is 8.84. The van der Waals surface area contributed by atoms with Crippen LogP contribution in [-0.4, -0.2) is 31.7 Å². The molecular formula is C28H29N3O4. The van der Waals surface area contributed by atoms with Crippen molar-refractivity contribution in [3.8, 4) is 11.5 Å². The minimum atomic E-state index is -0.208. The quantitative estimate of drug-likeness (QED) is 0.540. The van der Waals surface area contributed by atoms with Crippen LogP contribution in [0.3, 0.4) is 0 Å². The van der Waals surface area contributed by atoms with Crippen LogP contribution in [0.25, 0.3) is 0 Å². The number of amides is 3. The molecule has 0 aliphatic carbocycles. The maximum atomic E-state index is 13.0. The number of fused-ring (bicyclic) bond motifs is 2. The third-order valence-electron chi connectivity index (χ3n) is 6.42. The molecule has 0 unspecified atom stereocenters. The molecule has 2 N–H and O–H groups in total. The summed E-state index contributed by atoms with van der Waals surface area (Å²) in [6.45, 7) is 3.67. The molecule has 35 heavy (non-hydrogen) atoms. The molecule has 0 fully saturated rings. The number of aryl methyl sites for hydroxylation is 1. The van der Waals surface area contributed by atoms with Gasteiger partial charge in [-0.2, -0.15) is 0 Å². The minimum absolute atomic E-state index is 0.163. The predicted molar refractivity (Wildman–Crippen MR) is 135 cm³/mol. The fourth-order valence-electron chi connectivity index (χ4n) is 4.49. The van der Waals surface area contributed by atoms with Crippen molar-refractivity contribution in [2.24, 2.45) is 0 Å². The number of carbonyl (C=O) groups is 2. The molecule has 2 aliphatic rings. The molecule has 180 valence electrons. The molecule has 0 spiro atoms. The first kappa shape index (κ1) is 22.8. The molecule has 7 nitrogen and oxygen atoms in total. The van der Waals surface area contributed by atoms with Crippen molar-refractivity contribution in [2.75, 3.05) is 30.0 Å². The van der Waals surface area contributed by atoms with Crippen molar-refractivity contribution in [1.82, 2.24) is 5.32 Å². The lowest BCUT2D eigenvalue weighted by atomic mass is 10.1. The third kappa shape index (κ3) is 5.09. The van der Waals surface area contributed by atoms with Crippen molar-refractivity contribution < 1.29 is 19.1 Å². The highest BCUT2D eigenvalue weighted by Gasteiger charge is 2.21. The summed E-state index contributed by atoms with van der Waals surface area (Å²) < 4.78 is 11.2. The van der Waals surface area contributed by atoms with Crippen molar-refractivity contribution in [1.29, 1.82) is 0 Å². The summed E-state index contributed by atoms with van der Waals surface area (Å²) in [6.07, 6.45) is 3.01. The van der Waals surface area contributed by atoms with Crippen LogP contribution >= 0.6 is 0 Å². The van der Waals surface area contributed by atoms with E-state index < -0.39 is 0 Å². The summed E-state index contributed by atoms with van der Waals surface area (Å²) in [4.78, 5) is 27.6. The van der Waals surface area contributed by atoms with Gasteiger partial charge in [-0.15, -0.1) is 0 Å². The Kier molecular flexibility index (Phi) is 6.57. The van der Waals surface area contributed by atoms with Crippen LogP contribution in [0.15, 0.2) is 66.7 Å². The number of benzene rings is 3. The highest BCUT2D eigenvalue weighted by molar-refractivity contribution is 6.02. The molecule has 0 bridgehead atoms. The lowest BCUT2D eigenvalue weighted by molar-refractivity contribution is 0.0939. The van der Waals surface area contributed by atoms with E-state index in [2.05, 4.69) is 16.7 Å². The first-order chi connectivity index (χ1) is 17.1. The van der Waals surface area contributed by atoms with Crippen molar-refractivity contribution in [2.45, 2.75) is 32.2 Å². The highest BCUT2D eigenvalue weighted by atomic mass is 16.6. The van der Waals surface area contributed by atoms with Crippen LogP contribution in [0.4, 0.5) is 16.2 Å². The highest BCUT2D eigenvalue weighted by Crippen LogP contribution is 2.32. The SMILES string of the molecule is C[C@H](NC(=O)c1ccc(NC(=O)N2CCCCc3ccccc32)cc1)c1ccc2c(c1)OCCO2. The molecule has 0 saturated carbocycles. The Labute approximate surface area is 205 Å². The Hall–Kier alpha value is -4.00. The number of nitrogens with one attached hydrogen (secondary N) is 2. The van der Waals surface area contributed by atoms with Gasteiger partial charge in [-0.1, -0.05) is 24.3 Å². The van der Waals surface area contributed by atoms with E-state index in [-0.39, 0.29) is 18.0 Å². The average Bonchev–Trinajstić information content (AvgIpc) is 3.11. The standard InChI is InChI=1S/C28H29N3O4/c1-19(22-11-14-25-26(18-22)35-17-16-34-25)29-27(32)21-9-12-23(13-10-21)30-28(33)31-15-5-4-7-20-6-2-3-8-24(20)31/h2-3,6,8-14,18-19H,4-5,7,15-17H2,1H3,(H,29,32)(H,30,33)/t19-/m0/s1. The topological polar surface area (TPSA) is 79.9 Å². The zero-order valence-corrected chi connectivity index (χ0v) is 19.8. The first-order valence-corrected chi connectivity index (χ1v) is 12.1. The fraction of sp³-hybridized carbons (Fsp3) is 0.286. The molecule has 7 heteroatoms. The normalized spacial score (nSPS) is 15.4. The van der Waals surface area contributed by atoms with Gasteiger partial charge in [0, 0.05) is 23.5 Å². The summed E-state index contributed by atoms with van der Waals surface area (Å²) in [5.74, 6) is 1.23. The Bertz CT molecular complexity index is 1230. The number of ether oxygens (including phenoxy) is 2. The summed E-state index contributed by atoms with van der Waals surface area (Å²) >= 11 is 0. The molecule has 0 saturated heterocycles. The lowest BCUT2D eigenvalue weighted by Crippen LogP contribution is -2.35. The van der Waals surface area contributed by atoms with Gasteiger partial charge in [0.2, 0.25) is 0 Å². The number of rotatable bonds is 4. The van der Waals surface area contributed by atoms with E-state index in [9.17, 15) is 9.59 Å². The summed E-state index contributed by atoms with van der Waals surface area (Å²) in [7, 11) is 0. The number of carbonyl (C=O) groups excluding carboxylic acids is 2. The van der Waals surface area contributed by atoms with E-state index in [1.54, 1.807) is 29.2 Å². The van der Waals surface area contributed by atoms with Crippen molar-refractivity contribution in [3.05, 3.63) is 83.4 Å². The summed E-state index contributed by atoms with van der Waals surface area (Å²) in [6, 6.07) is 20.3. The molecule has 2 heterocycles. The van der Waals surface area contributed by atoms with Crippen molar-refractivity contribution >= 4 is 23.3 Å². The van der Waals surface area contributed by atoms with Gasteiger partial charge in [0.25, 0.3) is 5.91 Å². The minimum Gasteiger partial charge on any atom is -0.486 e. The average molecular weight is 472 g/mol. The van der Waals surface area contributed by atoms with Crippen LogP contribution in [0, 0.1) is 0 Å². The van der Waals surface area contributed by atoms with Gasteiger partial charge < -0.3 is 20.1 Å². The maximum Gasteiger partial charge on any atom is 0.326 e. The molecule has 5 rings (SSSR count). The Morgan fingerprint density at radius 2 is 1.69 bits per heavy atom. The predicted octanol–water partition coefficient (Wildman–Crippen LogP) is 5.32. The Balaban J connectivity index is 1.22. The van der Waals surface area contributed by atoms with Gasteiger partial charge in [-0.05, 0) is 79.8 Å². The summed E-state index contributed by atoms with van der Waals surface area (Å²) in [5.41, 5.74) is 4.26. The zero-order chi connectivity index (χ0) is 24.2. The number of nitrogens with zero attached hydrogens (tertiary/aromatic N) is 1. The van der Waals surface area contributed by atoms with Crippen LogP contribution in [0.1, 0.15) is 47.3 Å². The van der Waals surface area contributed by atoms with Gasteiger partial charge >= 0.3 is 6.03 Å². The number of anilines is 2. The molecule has 0 radical (unpaired) electrons. The molecule has 3 aromatic rings. The van der Waals surface area contributed by atoms with E-state index >= 15 is 0 Å². The number of hydrogen-bond donors (Lipinski definition) is 2. The largest absolute Gasteiger partial charge is 0.486 e. The van der Waals surface area contributed by atoms with Gasteiger partial charge in [0.15, 0.2) is 11.5 Å². The van der Waals surface area contributed by atoms with Gasteiger partial charge in [-0.25, -0.2) is 4.79 Å². The third-order valence-corrected chi connectivity index (χ3v) is 6.42. The number of urea groups is 1. The molecule has 3 aromatic carbocycles. The van der Waals surface area contributed by atoms with E-state index in [1.165, 1.54) is 5.56 Å². The molecular weight excluding hydrogens is 442 g/mol. The van der Waals surface area contributed by atoms with E-state index in [1.807, 2.05) is 43.3 Å². The number of para-hydroxylation sites is 1. The van der Waals surface area contributed by atoms with Crippen LogP contribution in [0.2, 0.25) is 0 Å². The molecule has 1 atom stereocenters. The number of hydrogen-bond acceptors (Lipinski definition) is 4. The van der Waals surface area contributed by atoms with E-state index in [0.717, 1.165) is 36.3 Å². The summed E-state index contributed by atoms with van der Waals surface area (Å²) in [5, 5.41) is 5.99. The van der Waals surface area contributed by atoms with E-state index in [0.29, 0.717) is 36.8 Å². The van der Waals surface area contributed by atoms with Gasteiger partial charge in [-0.3, -0.25) is 9.69 Å². The van der Waals surface area contributed by atoms with E-state index in [4.69, 9.17) is 9.47 Å². The monoisotopic (exact) mass is 471 g/mol. The first-order valence-electron chi connectivity index (χ1n) is 12.1. The zero-order valence-electron chi connectivity index (χ0n) is 19.8. The maximum absolute atomic E-state index is 13.0. The fourth-order valence-corrected chi connectivity index (χ4v) is 4.49. The molecule has 0 aromatic heterocycles. The van der Waals surface area contributed by atoms with Gasteiger partial charge in [0.1, 0.15) is 13.2 Å². The van der Waals surface area contributed by atoms with Crippen LogP contribution < -0.4 is 25.0 Å². The van der Waals surface area contributed by atoms with Crippen LogP contribution in [0.5, 0.6) is 11.5 Å². The van der Waals surface area contributed by atoms with Crippen molar-refractivity contribution in [3.63, 3.8) is 0 Å². The molecule has 2 aliphatic heterocycles. The lowest BCUT2D eigenvalue weighted by Gasteiger charge is -2.23. The second-order valence-electron chi connectivity index (χ2n) is 8.84. The Morgan fingerprint density at radius 1 is 0.914 bits per heavy atom. The Morgan fingerprint density at radius 3 is 2.51 bits per heavy atom. The second kappa shape index (κ2) is 10.1.